The van der Waals surface area contributed by atoms with Crippen LogP contribution in [-0.4, -0.2) is 24.0 Å². The van der Waals surface area contributed by atoms with Crippen LogP contribution in [0.2, 0.25) is 15.1 Å². The minimum absolute atomic E-state index is 0.0550. The smallest absolute Gasteiger partial charge is 0.374 e. The third-order valence-corrected chi connectivity index (χ3v) is 5.30. The van der Waals surface area contributed by atoms with Gasteiger partial charge in [0.15, 0.2) is 0 Å². The molecule has 4 nitrogen and oxygen atoms in total. The Labute approximate surface area is 192 Å². The largest absolute Gasteiger partial charge is 0.435 e. The Morgan fingerprint density at radius 1 is 1.06 bits per heavy atom. The summed E-state index contributed by atoms with van der Waals surface area (Å²) in [7, 11) is 0. The van der Waals surface area contributed by atoms with E-state index in [1.54, 1.807) is 0 Å². The van der Waals surface area contributed by atoms with Gasteiger partial charge in [-0.15, -0.1) is 0 Å². The standard InChI is InChI=1S/C19H11Cl3F6N2O2/c20-10-4-9(5-11(21)6-10)17(19(26,27)28)7-14(30-32-17)12-2-1-3-13(16(12)22)29-15(31)8-18(23,24)25/h1-6H,7-8H2,(H,29,31). The van der Waals surface area contributed by atoms with Crippen LogP contribution in [0.4, 0.5) is 32.0 Å². The monoisotopic (exact) mass is 518 g/mol. The predicted molar refractivity (Wildman–Crippen MR) is 107 cm³/mol. The van der Waals surface area contributed by atoms with Crippen molar-refractivity contribution in [1.82, 2.24) is 0 Å². The Hall–Kier alpha value is -2.17. The number of anilines is 1. The predicted octanol–water partition coefficient (Wildman–Crippen LogP) is 7.12. The number of hydrogen-bond acceptors (Lipinski definition) is 3. The van der Waals surface area contributed by atoms with E-state index in [0.29, 0.717) is 0 Å². The van der Waals surface area contributed by atoms with Crippen LogP contribution in [0.15, 0.2) is 41.6 Å². The molecule has 0 aliphatic carbocycles. The fourth-order valence-corrected chi connectivity index (χ4v) is 3.87. The molecule has 1 heterocycles. The van der Waals surface area contributed by atoms with Crippen LogP contribution < -0.4 is 5.32 Å². The van der Waals surface area contributed by atoms with Crippen LogP contribution in [0, 0.1) is 0 Å². The molecule has 0 saturated carbocycles. The lowest BCUT2D eigenvalue weighted by Crippen LogP contribution is -2.42. The fourth-order valence-electron chi connectivity index (χ4n) is 3.06. The van der Waals surface area contributed by atoms with Crippen molar-refractivity contribution in [1.29, 1.82) is 0 Å². The summed E-state index contributed by atoms with van der Waals surface area (Å²) in [4.78, 5) is 16.4. The van der Waals surface area contributed by atoms with E-state index in [9.17, 15) is 31.1 Å². The van der Waals surface area contributed by atoms with E-state index in [-0.39, 0.29) is 32.0 Å². The van der Waals surface area contributed by atoms with Crippen molar-refractivity contribution in [3.63, 3.8) is 0 Å². The van der Waals surface area contributed by atoms with Crippen LogP contribution in [0.1, 0.15) is 24.0 Å². The van der Waals surface area contributed by atoms with Gasteiger partial charge in [-0.1, -0.05) is 52.1 Å². The third kappa shape index (κ3) is 5.07. The summed E-state index contributed by atoms with van der Waals surface area (Å²) >= 11 is 17.8. The van der Waals surface area contributed by atoms with Crippen molar-refractivity contribution in [2.24, 2.45) is 5.16 Å². The van der Waals surface area contributed by atoms with E-state index >= 15 is 0 Å². The maximum atomic E-state index is 14.1. The summed E-state index contributed by atoms with van der Waals surface area (Å²) in [5.41, 5.74) is -3.84. The molecule has 1 N–H and O–H groups in total. The molecular weight excluding hydrogens is 509 g/mol. The summed E-state index contributed by atoms with van der Waals surface area (Å²) in [5.74, 6) is -1.39. The lowest BCUT2D eigenvalue weighted by atomic mass is 9.86. The van der Waals surface area contributed by atoms with Gasteiger partial charge in [-0.2, -0.15) is 26.3 Å². The van der Waals surface area contributed by atoms with E-state index in [1.807, 2.05) is 5.32 Å². The van der Waals surface area contributed by atoms with Gasteiger partial charge in [-0.3, -0.25) is 4.79 Å². The molecular formula is C19H11Cl3F6N2O2. The molecule has 1 unspecified atom stereocenters. The summed E-state index contributed by atoms with van der Waals surface area (Å²) < 4.78 is 79.4. The molecule has 0 spiro atoms. The van der Waals surface area contributed by atoms with Gasteiger partial charge in [-0.05, 0) is 24.3 Å². The van der Waals surface area contributed by atoms with Crippen LogP contribution in [0.5, 0.6) is 0 Å². The molecule has 0 aromatic heterocycles. The summed E-state index contributed by atoms with van der Waals surface area (Å²) in [6, 6.07) is 7.10. The average molecular weight is 520 g/mol. The van der Waals surface area contributed by atoms with Crippen molar-refractivity contribution < 1.29 is 36.0 Å². The van der Waals surface area contributed by atoms with Crippen LogP contribution in [0.3, 0.4) is 0 Å². The van der Waals surface area contributed by atoms with Gasteiger partial charge < -0.3 is 10.2 Å². The zero-order valence-corrected chi connectivity index (χ0v) is 17.8. The van der Waals surface area contributed by atoms with E-state index in [0.717, 1.165) is 12.1 Å². The van der Waals surface area contributed by atoms with Crippen molar-refractivity contribution in [2.45, 2.75) is 30.8 Å². The van der Waals surface area contributed by atoms with E-state index < -0.39 is 42.3 Å². The summed E-state index contributed by atoms with van der Waals surface area (Å²) in [6.45, 7) is 0. The Balaban J connectivity index is 1.94. The first-order valence-corrected chi connectivity index (χ1v) is 9.79. The first-order chi connectivity index (χ1) is 14.7. The molecule has 0 fully saturated rings. The zero-order valence-electron chi connectivity index (χ0n) is 15.5. The quantitative estimate of drug-likeness (QED) is 0.437. The van der Waals surface area contributed by atoms with Crippen molar-refractivity contribution in [3.05, 3.63) is 62.6 Å². The van der Waals surface area contributed by atoms with Crippen LogP contribution in [-0.2, 0) is 15.2 Å². The van der Waals surface area contributed by atoms with Gasteiger partial charge in [-0.25, -0.2) is 0 Å². The Bertz CT molecular complexity index is 1070. The van der Waals surface area contributed by atoms with Gasteiger partial charge in [0, 0.05) is 21.2 Å². The minimum atomic E-state index is -4.95. The lowest BCUT2D eigenvalue weighted by Gasteiger charge is -2.29. The number of nitrogens with one attached hydrogen (secondary N) is 1. The average Bonchev–Trinajstić information content (AvgIpc) is 3.07. The highest BCUT2D eigenvalue weighted by atomic mass is 35.5. The van der Waals surface area contributed by atoms with E-state index in [4.69, 9.17) is 39.6 Å². The third-order valence-electron chi connectivity index (χ3n) is 4.46. The van der Waals surface area contributed by atoms with Gasteiger partial charge in [0.1, 0.15) is 6.42 Å². The number of benzene rings is 2. The van der Waals surface area contributed by atoms with Crippen molar-refractivity contribution in [2.75, 3.05) is 5.32 Å². The Morgan fingerprint density at radius 2 is 1.69 bits per heavy atom. The first kappa shape index (κ1) is 24.5. The number of hydrogen-bond donors (Lipinski definition) is 1. The topological polar surface area (TPSA) is 50.7 Å². The molecule has 13 heteroatoms. The van der Waals surface area contributed by atoms with E-state index in [2.05, 4.69) is 5.16 Å². The second kappa shape index (κ2) is 8.64. The number of rotatable bonds is 4. The molecule has 1 amide bonds. The number of carbonyl (C=O) groups excluding carboxylic acids is 1. The van der Waals surface area contributed by atoms with Gasteiger partial charge in [0.05, 0.1) is 22.8 Å². The SMILES string of the molecule is O=C(CC(F)(F)F)Nc1cccc(C2=NOC(c3cc(Cl)cc(Cl)c3)(C(F)(F)F)C2)c1Cl. The molecule has 3 rings (SSSR count). The van der Waals surface area contributed by atoms with E-state index in [1.165, 1.54) is 24.3 Å². The molecule has 2 aromatic carbocycles. The van der Waals surface area contributed by atoms with Crippen LogP contribution >= 0.6 is 34.8 Å². The normalized spacial score (nSPS) is 18.8. The van der Waals surface area contributed by atoms with Gasteiger partial charge >= 0.3 is 12.4 Å². The molecule has 172 valence electrons. The maximum Gasteiger partial charge on any atom is 0.435 e. The number of halogens is 9. The number of carbonyl (C=O) groups is 1. The second-order valence-electron chi connectivity index (χ2n) is 6.80. The van der Waals surface area contributed by atoms with Crippen molar-refractivity contribution >= 4 is 52.1 Å². The Kier molecular flexibility index (Phi) is 6.61. The van der Waals surface area contributed by atoms with Crippen molar-refractivity contribution in [3.8, 4) is 0 Å². The zero-order chi connectivity index (χ0) is 23.9. The molecule has 1 aliphatic rings. The number of alkyl halides is 6. The Morgan fingerprint density at radius 3 is 2.25 bits per heavy atom. The highest BCUT2D eigenvalue weighted by Gasteiger charge is 2.62. The number of oxime groups is 1. The molecule has 0 bridgehead atoms. The summed E-state index contributed by atoms with van der Waals surface area (Å²) in [5, 5.41) is 5.11. The molecule has 1 atom stereocenters. The first-order valence-electron chi connectivity index (χ1n) is 8.66. The molecule has 32 heavy (non-hydrogen) atoms. The van der Waals surface area contributed by atoms with Gasteiger partial charge in [0.25, 0.3) is 5.60 Å². The van der Waals surface area contributed by atoms with Crippen LogP contribution in [0.25, 0.3) is 0 Å². The van der Waals surface area contributed by atoms with Gasteiger partial charge in [0.2, 0.25) is 5.91 Å². The molecule has 1 aliphatic heterocycles. The maximum absolute atomic E-state index is 14.1. The second-order valence-corrected chi connectivity index (χ2v) is 8.05. The molecule has 2 aromatic rings. The highest BCUT2D eigenvalue weighted by Crippen LogP contribution is 2.50. The summed E-state index contributed by atoms with van der Waals surface area (Å²) in [6.07, 6.45) is -12.3. The highest BCUT2D eigenvalue weighted by molar-refractivity contribution is 6.37. The molecule has 0 radical (unpaired) electrons. The fraction of sp³-hybridized carbons (Fsp3) is 0.263. The minimum Gasteiger partial charge on any atom is -0.374 e. The lowest BCUT2D eigenvalue weighted by molar-refractivity contribution is -0.275. The number of nitrogens with zero attached hydrogens (tertiary/aromatic N) is 1. The molecule has 0 saturated heterocycles. The number of amides is 1.